The average molecular weight is 224 g/mol. The maximum absolute atomic E-state index is 10.2. The molecule has 0 fully saturated rings. The number of benzene rings is 1. The molecular formula is C10H12N2O2S. The van der Waals surface area contributed by atoms with E-state index in [4.69, 9.17) is 5.11 Å². The number of carboxylic acids is 1. The number of hydrazone groups is 1. The lowest BCUT2D eigenvalue weighted by atomic mass is 10.2. The molecule has 0 saturated heterocycles. The average Bonchev–Trinajstić information content (AvgIpc) is 2.20. The van der Waals surface area contributed by atoms with Crippen molar-refractivity contribution in [3.63, 3.8) is 0 Å². The van der Waals surface area contributed by atoms with Gasteiger partial charge < -0.3 is 5.11 Å². The molecule has 0 aliphatic heterocycles. The van der Waals surface area contributed by atoms with Crippen LogP contribution in [-0.4, -0.2) is 22.4 Å². The maximum atomic E-state index is 10.2. The first-order valence-corrected chi connectivity index (χ1v) is 5.41. The van der Waals surface area contributed by atoms with Crippen molar-refractivity contribution in [1.82, 2.24) is 0 Å². The number of hydrogen-bond acceptors (Lipinski definition) is 4. The minimum Gasteiger partial charge on any atom is -0.481 e. The maximum Gasteiger partial charge on any atom is 0.313 e. The molecule has 0 radical (unpaired) electrons. The summed E-state index contributed by atoms with van der Waals surface area (Å²) in [5.41, 5.74) is 6.35. The van der Waals surface area contributed by atoms with Crippen molar-refractivity contribution in [2.45, 2.75) is 6.92 Å². The normalized spacial score (nSPS) is 10.5. The number of thioether (sulfide) groups is 1. The fourth-order valence-corrected chi connectivity index (χ4v) is 1.22. The first kappa shape index (κ1) is 11.6. The third-order valence-electron chi connectivity index (χ3n) is 1.58. The molecule has 0 aliphatic rings. The van der Waals surface area contributed by atoms with Crippen LogP contribution in [-0.2, 0) is 4.79 Å². The molecule has 0 spiro atoms. The summed E-state index contributed by atoms with van der Waals surface area (Å²) in [7, 11) is 0. The molecule has 1 aromatic carbocycles. The highest BCUT2D eigenvalue weighted by molar-refractivity contribution is 8.12. The predicted octanol–water partition coefficient (Wildman–Crippen LogP) is 2.17. The highest BCUT2D eigenvalue weighted by Gasteiger charge is 1.92. The number of anilines is 1. The predicted molar refractivity (Wildman–Crippen MR) is 63.4 cm³/mol. The zero-order chi connectivity index (χ0) is 11.1. The van der Waals surface area contributed by atoms with Crippen LogP contribution in [0.3, 0.4) is 0 Å². The molecule has 0 unspecified atom stereocenters. The van der Waals surface area contributed by atoms with Crippen LogP contribution in [0.1, 0.15) is 5.56 Å². The van der Waals surface area contributed by atoms with Crippen molar-refractivity contribution in [2.24, 2.45) is 5.10 Å². The van der Waals surface area contributed by atoms with Crippen LogP contribution in [0.5, 0.6) is 0 Å². The van der Waals surface area contributed by atoms with Gasteiger partial charge in [-0.15, -0.1) is 11.8 Å². The second-order valence-corrected chi connectivity index (χ2v) is 3.75. The van der Waals surface area contributed by atoms with E-state index in [1.165, 1.54) is 11.1 Å². The second-order valence-electron chi connectivity index (χ2n) is 2.92. The van der Waals surface area contributed by atoms with Crippen molar-refractivity contribution in [2.75, 3.05) is 11.2 Å². The smallest absolute Gasteiger partial charge is 0.313 e. The summed E-state index contributed by atoms with van der Waals surface area (Å²) in [6.07, 6.45) is 0. The Bertz CT molecular complexity index is 349. The fraction of sp³-hybridized carbons (Fsp3) is 0.200. The second kappa shape index (κ2) is 6.08. The zero-order valence-corrected chi connectivity index (χ0v) is 9.12. The van der Waals surface area contributed by atoms with Gasteiger partial charge in [-0.25, -0.2) is 0 Å². The van der Waals surface area contributed by atoms with Gasteiger partial charge in [0.05, 0.1) is 17.0 Å². The highest BCUT2D eigenvalue weighted by atomic mass is 32.2. The first-order chi connectivity index (χ1) is 7.18. The van der Waals surface area contributed by atoms with Gasteiger partial charge in [-0.2, -0.15) is 5.10 Å². The van der Waals surface area contributed by atoms with Crippen LogP contribution in [0.25, 0.3) is 0 Å². The highest BCUT2D eigenvalue weighted by Crippen LogP contribution is 2.08. The van der Waals surface area contributed by atoms with Crippen molar-refractivity contribution in [1.29, 1.82) is 0 Å². The van der Waals surface area contributed by atoms with Crippen LogP contribution < -0.4 is 5.43 Å². The number of nitrogens with zero attached hydrogens (tertiary/aromatic N) is 1. The Morgan fingerprint density at radius 1 is 1.53 bits per heavy atom. The number of hydrogen-bond donors (Lipinski definition) is 2. The van der Waals surface area contributed by atoms with E-state index in [0.29, 0.717) is 0 Å². The number of rotatable bonds is 5. The summed E-state index contributed by atoms with van der Waals surface area (Å²) < 4.78 is 0. The summed E-state index contributed by atoms with van der Waals surface area (Å²) in [5.74, 6) is -0.819. The lowest BCUT2D eigenvalue weighted by Gasteiger charge is -1.99. The molecule has 0 atom stereocenters. The quantitative estimate of drug-likeness (QED) is 0.457. The Labute approximate surface area is 92.4 Å². The SMILES string of the molecule is Cc1ccc(N/N=C/SCC(=O)O)cc1. The van der Waals surface area contributed by atoms with E-state index in [1.807, 2.05) is 31.2 Å². The Morgan fingerprint density at radius 3 is 2.80 bits per heavy atom. The number of aliphatic carboxylic acids is 1. The monoisotopic (exact) mass is 224 g/mol. The number of nitrogens with one attached hydrogen (secondary N) is 1. The van der Waals surface area contributed by atoms with Gasteiger partial charge in [-0.05, 0) is 19.1 Å². The van der Waals surface area contributed by atoms with Gasteiger partial charge in [-0.3, -0.25) is 10.2 Å². The summed E-state index contributed by atoms with van der Waals surface area (Å²) >= 11 is 1.13. The van der Waals surface area contributed by atoms with Gasteiger partial charge in [0.1, 0.15) is 0 Å². The molecule has 0 saturated carbocycles. The summed E-state index contributed by atoms with van der Waals surface area (Å²) in [6, 6.07) is 7.77. The van der Waals surface area contributed by atoms with Gasteiger partial charge in [0.25, 0.3) is 0 Å². The van der Waals surface area contributed by atoms with Crippen molar-refractivity contribution in [3.05, 3.63) is 29.8 Å². The fourth-order valence-electron chi connectivity index (χ4n) is 0.875. The molecule has 0 aromatic heterocycles. The third-order valence-corrected chi connectivity index (χ3v) is 2.25. The summed E-state index contributed by atoms with van der Waals surface area (Å²) in [6.45, 7) is 2.01. The van der Waals surface area contributed by atoms with Gasteiger partial charge in [0, 0.05) is 0 Å². The Hall–Kier alpha value is -1.49. The van der Waals surface area contributed by atoms with Gasteiger partial charge in [0.2, 0.25) is 0 Å². The molecule has 1 rings (SSSR count). The van der Waals surface area contributed by atoms with E-state index in [0.717, 1.165) is 17.4 Å². The van der Waals surface area contributed by atoms with Crippen LogP contribution in [0, 0.1) is 6.92 Å². The van der Waals surface area contributed by atoms with Gasteiger partial charge in [0.15, 0.2) is 0 Å². The first-order valence-electron chi connectivity index (χ1n) is 4.36. The summed E-state index contributed by atoms with van der Waals surface area (Å²) in [4.78, 5) is 10.2. The van der Waals surface area contributed by atoms with E-state index in [2.05, 4.69) is 10.5 Å². The van der Waals surface area contributed by atoms with Crippen LogP contribution in [0.2, 0.25) is 0 Å². The van der Waals surface area contributed by atoms with Crippen LogP contribution >= 0.6 is 11.8 Å². The van der Waals surface area contributed by atoms with Crippen molar-refractivity contribution >= 4 is 29.0 Å². The molecule has 0 amide bonds. The zero-order valence-electron chi connectivity index (χ0n) is 8.30. The van der Waals surface area contributed by atoms with Crippen LogP contribution in [0.4, 0.5) is 5.69 Å². The molecule has 0 heterocycles. The van der Waals surface area contributed by atoms with Crippen molar-refractivity contribution in [3.8, 4) is 0 Å². The molecule has 5 heteroatoms. The molecular weight excluding hydrogens is 212 g/mol. The lowest BCUT2D eigenvalue weighted by Crippen LogP contribution is -1.97. The van der Waals surface area contributed by atoms with Gasteiger partial charge in [-0.1, -0.05) is 17.7 Å². The van der Waals surface area contributed by atoms with Crippen LogP contribution in [0.15, 0.2) is 29.4 Å². The molecule has 2 N–H and O–H groups in total. The molecule has 4 nitrogen and oxygen atoms in total. The van der Waals surface area contributed by atoms with E-state index in [9.17, 15) is 4.79 Å². The molecule has 0 bridgehead atoms. The van der Waals surface area contributed by atoms with E-state index in [1.54, 1.807) is 0 Å². The number of carboxylic acid groups (broad SMARTS) is 1. The van der Waals surface area contributed by atoms with E-state index >= 15 is 0 Å². The Kier molecular flexibility index (Phi) is 4.70. The molecule has 1 aromatic rings. The summed E-state index contributed by atoms with van der Waals surface area (Å²) in [5, 5.41) is 12.2. The minimum absolute atomic E-state index is 0.0269. The standard InChI is InChI=1S/C10H12N2O2S/c1-8-2-4-9(5-3-8)12-11-7-15-6-10(13)14/h2-5,7,12H,6H2,1H3,(H,13,14)/b11-7+. The number of aryl methyl sites for hydroxylation is 1. The van der Waals surface area contributed by atoms with E-state index < -0.39 is 5.97 Å². The van der Waals surface area contributed by atoms with Gasteiger partial charge >= 0.3 is 5.97 Å². The van der Waals surface area contributed by atoms with Crippen molar-refractivity contribution < 1.29 is 9.90 Å². The Balaban J connectivity index is 2.30. The third kappa shape index (κ3) is 5.07. The molecule has 80 valence electrons. The topological polar surface area (TPSA) is 61.7 Å². The molecule has 15 heavy (non-hydrogen) atoms. The minimum atomic E-state index is -0.846. The Morgan fingerprint density at radius 2 is 2.20 bits per heavy atom. The van der Waals surface area contributed by atoms with E-state index in [-0.39, 0.29) is 5.75 Å². The lowest BCUT2D eigenvalue weighted by molar-refractivity contribution is -0.133. The molecule has 0 aliphatic carbocycles. The number of carbonyl (C=O) groups is 1. The largest absolute Gasteiger partial charge is 0.481 e.